The summed E-state index contributed by atoms with van der Waals surface area (Å²) >= 11 is 1.44. The first-order chi connectivity index (χ1) is 12.1. The summed E-state index contributed by atoms with van der Waals surface area (Å²) in [5.74, 6) is 0.835. The Labute approximate surface area is 149 Å². The second-order valence-electron chi connectivity index (χ2n) is 5.52. The summed E-state index contributed by atoms with van der Waals surface area (Å²) < 4.78 is 5.26. The number of amides is 1. The molecule has 1 aromatic carbocycles. The normalized spacial score (nSPS) is 10.8. The van der Waals surface area contributed by atoms with Crippen LogP contribution in [0.15, 0.2) is 28.1 Å². The van der Waals surface area contributed by atoms with Gasteiger partial charge >= 0.3 is 0 Å². The molecule has 0 spiro atoms. The predicted molar refractivity (Wildman–Crippen MR) is 96.7 cm³/mol. The van der Waals surface area contributed by atoms with Gasteiger partial charge in [0.1, 0.15) is 5.69 Å². The average molecular weight is 357 g/mol. The highest BCUT2D eigenvalue weighted by atomic mass is 32.1. The van der Waals surface area contributed by atoms with Crippen LogP contribution in [0.3, 0.4) is 0 Å². The monoisotopic (exact) mass is 357 g/mol. The number of thiazole rings is 1. The number of aryl methyl sites for hydroxylation is 2. The van der Waals surface area contributed by atoms with Gasteiger partial charge in [-0.1, -0.05) is 18.1 Å². The minimum atomic E-state index is -0.250. The van der Waals surface area contributed by atoms with Crippen molar-refractivity contribution in [3.05, 3.63) is 45.7 Å². The Kier molecular flexibility index (Phi) is 5.20. The summed E-state index contributed by atoms with van der Waals surface area (Å²) in [6.07, 6.45) is 1.37. The second-order valence-corrected chi connectivity index (χ2v) is 6.46. The second kappa shape index (κ2) is 7.54. The van der Waals surface area contributed by atoms with E-state index < -0.39 is 0 Å². The van der Waals surface area contributed by atoms with Crippen LogP contribution >= 0.6 is 11.3 Å². The van der Waals surface area contributed by atoms with Crippen molar-refractivity contribution in [3.63, 3.8) is 0 Å². The number of carbonyl (C=O) groups is 1. The highest BCUT2D eigenvalue weighted by Crippen LogP contribution is 2.25. The molecule has 0 saturated carbocycles. The average Bonchev–Trinajstić information content (AvgIpc) is 3.26. The van der Waals surface area contributed by atoms with Crippen LogP contribution in [0.25, 0.3) is 11.5 Å². The molecule has 2 heterocycles. The number of aromatic nitrogens is 3. The highest BCUT2D eigenvalue weighted by molar-refractivity contribution is 7.09. The van der Waals surface area contributed by atoms with E-state index in [-0.39, 0.29) is 5.91 Å². The molecule has 0 atom stereocenters. The lowest BCUT2D eigenvalue weighted by molar-refractivity contribution is 0.102. The third kappa shape index (κ3) is 3.92. The summed E-state index contributed by atoms with van der Waals surface area (Å²) in [5, 5.41) is 9.40. The standard InChI is InChI=1S/C17H19N5O2S/c1-3-14-21-17(24-22-14)11-5-4-10(2)12(8-11)20-16(23)13-9-25-15(19-13)6-7-18/h4-5,8-9H,3,6-7,18H2,1-2H3,(H,20,23). The first kappa shape index (κ1) is 17.2. The molecule has 2 aromatic heterocycles. The molecule has 0 radical (unpaired) electrons. The molecule has 0 unspecified atom stereocenters. The van der Waals surface area contributed by atoms with E-state index >= 15 is 0 Å². The van der Waals surface area contributed by atoms with Crippen molar-refractivity contribution >= 4 is 22.9 Å². The van der Waals surface area contributed by atoms with Crippen molar-refractivity contribution in [1.29, 1.82) is 0 Å². The minimum Gasteiger partial charge on any atom is -0.334 e. The van der Waals surface area contributed by atoms with Crippen LogP contribution in [-0.2, 0) is 12.8 Å². The van der Waals surface area contributed by atoms with E-state index in [1.54, 1.807) is 5.38 Å². The van der Waals surface area contributed by atoms with Crippen molar-refractivity contribution in [2.75, 3.05) is 11.9 Å². The highest BCUT2D eigenvalue weighted by Gasteiger charge is 2.14. The number of nitrogens with two attached hydrogens (primary N) is 1. The molecule has 7 nitrogen and oxygen atoms in total. The molecule has 3 aromatic rings. The number of rotatable bonds is 6. The Morgan fingerprint density at radius 2 is 2.20 bits per heavy atom. The van der Waals surface area contributed by atoms with Gasteiger partial charge in [0.25, 0.3) is 11.8 Å². The van der Waals surface area contributed by atoms with Gasteiger partial charge in [0, 0.05) is 29.5 Å². The first-order valence-corrected chi connectivity index (χ1v) is 8.88. The molecule has 8 heteroatoms. The largest absolute Gasteiger partial charge is 0.334 e. The molecule has 3 rings (SSSR count). The summed E-state index contributed by atoms with van der Waals surface area (Å²) in [4.78, 5) is 21.1. The SMILES string of the molecule is CCc1noc(-c2ccc(C)c(NC(=O)c3csc(CCN)n3)c2)n1. The topological polar surface area (TPSA) is 107 Å². The van der Waals surface area contributed by atoms with Crippen LogP contribution in [0.4, 0.5) is 5.69 Å². The molecule has 130 valence electrons. The lowest BCUT2D eigenvalue weighted by atomic mass is 10.1. The van der Waals surface area contributed by atoms with Crippen molar-refractivity contribution in [2.24, 2.45) is 5.73 Å². The summed E-state index contributed by atoms with van der Waals surface area (Å²) in [5.41, 5.74) is 8.29. The lowest BCUT2D eigenvalue weighted by Gasteiger charge is -2.08. The smallest absolute Gasteiger partial charge is 0.275 e. The Morgan fingerprint density at radius 3 is 2.92 bits per heavy atom. The van der Waals surface area contributed by atoms with Crippen molar-refractivity contribution < 1.29 is 9.32 Å². The first-order valence-electron chi connectivity index (χ1n) is 8.00. The maximum atomic E-state index is 12.4. The number of anilines is 1. The van der Waals surface area contributed by atoms with Gasteiger partial charge < -0.3 is 15.6 Å². The fraction of sp³-hybridized carbons (Fsp3) is 0.294. The van der Waals surface area contributed by atoms with Crippen molar-refractivity contribution in [1.82, 2.24) is 15.1 Å². The maximum absolute atomic E-state index is 12.4. The van der Waals surface area contributed by atoms with Gasteiger partial charge in [-0.2, -0.15) is 4.98 Å². The zero-order chi connectivity index (χ0) is 17.8. The van der Waals surface area contributed by atoms with Gasteiger partial charge in [-0.05, 0) is 31.2 Å². The van der Waals surface area contributed by atoms with Gasteiger partial charge in [-0.3, -0.25) is 4.79 Å². The molecule has 25 heavy (non-hydrogen) atoms. The number of nitrogens with zero attached hydrogens (tertiary/aromatic N) is 3. The Morgan fingerprint density at radius 1 is 1.36 bits per heavy atom. The van der Waals surface area contributed by atoms with Gasteiger partial charge in [0.05, 0.1) is 5.01 Å². The fourth-order valence-corrected chi connectivity index (χ4v) is 3.04. The van der Waals surface area contributed by atoms with E-state index in [4.69, 9.17) is 10.3 Å². The number of hydrogen-bond donors (Lipinski definition) is 2. The molecular weight excluding hydrogens is 338 g/mol. The Balaban J connectivity index is 1.81. The van der Waals surface area contributed by atoms with Crippen LogP contribution in [-0.4, -0.2) is 27.6 Å². The van der Waals surface area contributed by atoms with Crippen LogP contribution in [0.2, 0.25) is 0 Å². The van der Waals surface area contributed by atoms with Crippen LogP contribution in [0.1, 0.15) is 33.8 Å². The third-order valence-electron chi connectivity index (χ3n) is 3.66. The van der Waals surface area contributed by atoms with Gasteiger partial charge in [0.2, 0.25) is 0 Å². The van der Waals surface area contributed by atoms with Crippen LogP contribution in [0, 0.1) is 6.92 Å². The minimum absolute atomic E-state index is 0.250. The van der Waals surface area contributed by atoms with Gasteiger partial charge in [-0.15, -0.1) is 11.3 Å². The third-order valence-corrected chi connectivity index (χ3v) is 4.57. The summed E-state index contributed by atoms with van der Waals surface area (Å²) in [7, 11) is 0. The molecule has 0 saturated heterocycles. The van der Waals surface area contributed by atoms with Gasteiger partial charge in [0.15, 0.2) is 5.82 Å². The lowest BCUT2D eigenvalue weighted by Crippen LogP contribution is -2.13. The summed E-state index contributed by atoms with van der Waals surface area (Å²) in [6, 6.07) is 5.62. The molecule has 3 N–H and O–H groups in total. The number of carbonyl (C=O) groups excluding carboxylic acids is 1. The number of benzene rings is 1. The van der Waals surface area contributed by atoms with E-state index in [1.807, 2.05) is 32.0 Å². The van der Waals surface area contributed by atoms with Crippen molar-refractivity contribution in [3.8, 4) is 11.5 Å². The summed E-state index contributed by atoms with van der Waals surface area (Å²) in [6.45, 7) is 4.40. The van der Waals surface area contributed by atoms with E-state index in [2.05, 4.69) is 20.4 Å². The zero-order valence-electron chi connectivity index (χ0n) is 14.1. The quantitative estimate of drug-likeness (QED) is 0.702. The Hall–Kier alpha value is -2.58. The molecule has 0 aliphatic rings. The molecular formula is C17H19N5O2S. The number of nitrogens with one attached hydrogen (secondary N) is 1. The van der Waals surface area contributed by atoms with E-state index in [0.29, 0.717) is 42.5 Å². The van der Waals surface area contributed by atoms with Crippen molar-refractivity contribution in [2.45, 2.75) is 26.7 Å². The maximum Gasteiger partial charge on any atom is 0.275 e. The molecule has 0 aliphatic heterocycles. The van der Waals surface area contributed by atoms with E-state index in [1.165, 1.54) is 11.3 Å². The molecule has 1 amide bonds. The number of hydrogen-bond acceptors (Lipinski definition) is 7. The van der Waals surface area contributed by atoms with E-state index in [0.717, 1.165) is 16.1 Å². The fourth-order valence-electron chi connectivity index (χ4n) is 2.24. The Bertz CT molecular complexity index is 887. The van der Waals surface area contributed by atoms with E-state index in [9.17, 15) is 4.79 Å². The molecule has 0 bridgehead atoms. The molecule has 0 aliphatic carbocycles. The van der Waals surface area contributed by atoms with Gasteiger partial charge in [-0.25, -0.2) is 4.98 Å². The zero-order valence-corrected chi connectivity index (χ0v) is 14.9. The van der Waals surface area contributed by atoms with Crippen LogP contribution in [0.5, 0.6) is 0 Å². The van der Waals surface area contributed by atoms with Crippen LogP contribution < -0.4 is 11.1 Å². The predicted octanol–water partition coefficient (Wildman–Crippen LogP) is 2.82. The molecule has 0 fully saturated rings.